The number of rotatable bonds is 5. The third kappa shape index (κ3) is 10.1. The lowest BCUT2D eigenvalue weighted by molar-refractivity contribution is 0.805. The zero-order chi connectivity index (χ0) is 29.0. The fourth-order valence-corrected chi connectivity index (χ4v) is 4.52. The summed E-state index contributed by atoms with van der Waals surface area (Å²) in [6.07, 6.45) is 6.12. The molecule has 0 N–H and O–H groups in total. The van der Waals surface area contributed by atoms with Gasteiger partial charge in [-0.2, -0.15) is 29.9 Å². The van der Waals surface area contributed by atoms with Crippen LogP contribution in [0.3, 0.4) is 0 Å². The summed E-state index contributed by atoms with van der Waals surface area (Å²) in [5, 5.41) is 0.180. The normalized spacial score (nSPS) is 10.3. The summed E-state index contributed by atoms with van der Waals surface area (Å²) in [5.74, 6) is 0.468. The molecule has 4 aromatic heterocycles. The summed E-state index contributed by atoms with van der Waals surface area (Å²) in [6.45, 7) is 1.69. The van der Waals surface area contributed by atoms with Crippen LogP contribution in [0.5, 0.6) is 0 Å². The van der Waals surface area contributed by atoms with Gasteiger partial charge in [-0.1, -0.05) is 60.7 Å². The fraction of sp³-hybridized carbons (Fsp3) is 0.0714. The molecule has 0 spiro atoms. The number of halogens is 5. The van der Waals surface area contributed by atoms with Gasteiger partial charge >= 0.3 is 0 Å². The van der Waals surface area contributed by atoms with Crippen molar-refractivity contribution in [1.82, 2.24) is 39.0 Å². The summed E-state index contributed by atoms with van der Waals surface area (Å²) in [6, 6.07) is 28.5. The van der Waals surface area contributed by atoms with Crippen LogP contribution >= 0.6 is 58.0 Å². The minimum absolute atomic E-state index is 0.000000000000000444. The Morgan fingerprint density at radius 1 is 0.439 bits per heavy atom. The van der Waals surface area contributed by atoms with Crippen molar-refractivity contribution in [3.05, 3.63) is 141 Å². The molecule has 0 amide bonds. The predicted octanol–water partition coefficient (Wildman–Crippen LogP) is 8.06. The number of aromatic nitrogens is 8. The van der Waals surface area contributed by atoms with Gasteiger partial charge in [0, 0.05) is 31.7 Å². The summed E-state index contributed by atoms with van der Waals surface area (Å²) in [7, 11) is 0. The quantitative estimate of drug-likeness (QED) is 0.188. The maximum Gasteiger partial charge on any atom is 0.227 e. The standard InChI is InChI=1S/C14H10Cl2N4.C11H11N.C3Cl3N3/c15-13-17-12(18-14(16)19-13)11-7-4-8-20(11)9-10-5-2-1-3-6-10;1-2-6-11(7-3-1)10-12-8-4-5-9-12;4-1-7-2(5)9-3(6)8-1/h1-8H,9H2;1-9H,10H2;. The molecule has 41 heavy (non-hydrogen) atoms. The molecule has 2 aromatic carbocycles. The number of hydrogen-bond acceptors (Lipinski definition) is 6. The number of benzene rings is 2. The molecule has 0 saturated carbocycles. The molecule has 0 aliphatic heterocycles. The molecule has 8 nitrogen and oxygen atoms in total. The lowest BCUT2D eigenvalue weighted by atomic mass is 10.2. The Bertz CT molecular complexity index is 1570. The molecule has 6 rings (SSSR count). The molecule has 0 unspecified atom stereocenters. The molecule has 0 fully saturated rings. The van der Waals surface area contributed by atoms with E-state index < -0.39 is 0 Å². The highest BCUT2D eigenvalue weighted by molar-refractivity contribution is 6.33. The molecule has 208 valence electrons. The molecule has 0 aliphatic carbocycles. The smallest absolute Gasteiger partial charge is 0.227 e. The Kier molecular flexibility index (Phi) is 11.5. The third-order valence-corrected chi connectivity index (χ3v) is 6.11. The predicted molar refractivity (Wildman–Crippen MR) is 164 cm³/mol. The summed E-state index contributed by atoms with van der Waals surface area (Å²) in [5.41, 5.74) is 3.38. The molecule has 0 aliphatic rings. The van der Waals surface area contributed by atoms with Gasteiger partial charge in [0.1, 0.15) is 0 Å². The zero-order valence-electron chi connectivity index (χ0n) is 21.2. The van der Waals surface area contributed by atoms with E-state index in [1.165, 1.54) is 11.1 Å². The topological polar surface area (TPSA) is 87.2 Å². The maximum atomic E-state index is 5.82. The van der Waals surface area contributed by atoms with E-state index in [-0.39, 0.29) is 26.4 Å². The highest BCUT2D eigenvalue weighted by Crippen LogP contribution is 2.20. The summed E-state index contributed by atoms with van der Waals surface area (Å²) >= 11 is 27.6. The zero-order valence-corrected chi connectivity index (χ0v) is 25.0. The molecular formula is C28H21Cl5N8. The van der Waals surface area contributed by atoms with Gasteiger partial charge in [-0.25, -0.2) is 0 Å². The highest BCUT2D eigenvalue weighted by Gasteiger charge is 2.10. The van der Waals surface area contributed by atoms with Gasteiger partial charge in [0.15, 0.2) is 5.82 Å². The van der Waals surface area contributed by atoms with Crippen molar-refractivity contribution in [3.8, 4) is 11.5 Å². The first-order chi connectivity index (χ1) is 19.9. The van der Waals surface area contributed by atoms with Gasteiger partial charge in [-0.15, -0.1) is 0 Å². The lowest BCUT2D eigenvalue weighted by Gasteiger charge is -2.08. The van der Waals surface area contributed by atoms with Crippen LogP contribution in [0.4, 0.5) is 0 Å². The van der Waals surface area contributed by atoms with Crippen LogP contribution in [-0.4, -0.2) is 39.0 Å². The van der Waals surface area contributed by atoms with E-state index in [0.29, 0.717) is 5.82 Å². The van der Waals surface area contributed by atoms with Crippen molar-refractivity contribution in [3.63, 3.8) is 0 Å². The van der Waals surface area contributed by atoms with Gasteiger partial charge in [0.05, 0.1) is 5.69 Å². The number of nitrogens with zero attached hydrogens (tertiary/aromatic N) is 8. The third-order valence-electron chi connectivity index (χ3n) is 5.26. The van der Waals surface area contributed by atoms with E-state index in [2.05, 4.69) is 83.3 Å². The Morgan fingerprint density at radius 3 is 1.37 bits per heavy atom. The van der Waals surface area contributed by atoms with Gasteiger partial charge in [-0.05, 0) is 93.4 Å². The van der Waals surface area contributed by atoms with Crippen LogP contribution in [0, 0.1) is 0 Å². The number of hydrogen-bond donors (Lipinski definition) is 0. The minimum atomic E-state index is 0.000000000000000444. The van der Waals surface area contributed by atoms with Crippen LogP contribution in [0.25, 0.3) is 11.5 Å². The van der Waals surface area contributed by atoms with Crippen molar-refractivity contribution in [2.75, 3.05) is 0 Å². The van der Waals surface area contributed by atoms with Crippen LogP contribution in [0.2, 0.25) is 26.4 Å². The first kappa shape index (κ1) is 30.4. The van der Waals surface area contributed by atoms with Crippen LogP contribution in [0.15, 0.2) is 104 Å². The SMILES string of the molecule is Clc1nc(Cl)nc(-c2cccn2Cc2ccccc2)n1.Clc1nc(Cl)nc(Cl)n1.c1ccc(Cn2cccc2)cc1. The summed E-state index contributed by atoms with van der Waals surface area (Å²) < 4.78 is 4.20. The van der Waals surface area contributed by atoms with Crippen molar-refractivity contribution in [2.45, 2.75) is 13.1 Å². The van der Waals surface area contributed by atoms with Crippen molar-refractivity contribution >= 4 is 58.0 Å². The Hall–Kier alpha value is -3.53. The van der Waals surface area contributed by atoms with Crippen LogP contribution in [-0.2, 0) is 13.1 Å². The Labute approximate surface area is 261 Å². The van der Waals surface area contributed by atoms with Crippen LogP contribution < -0.4 is 0 Å². The monoisotopic (exact) mass is 644 g/mol. The van der Waals surface area contributed by atoms with Gasteiger partial charge in [0.2, 0.25) is 26.4 Å². The second-order valence-electron chi connectivity index (χ2n) is 8.19. The first-order valence-corrected chi connectivity index (χ1v) is 13.9. The van der Waals surface area contributed by atoms with Crippen LogP contribution in [0.1, 0.15) is 11.1 Å². The average molecular weight is 647 g/mol. The Balaban J connectivity index is 0.000000156. The van der Waals surface area contributed by atoms with E-state index >= 15 is 0 Å². The first-order valence-electron chi connectivity index (χ1n) is 12.0. The van der Waals surface area contributed by atoms with Gasteiger partial charge < -0.3 is 9.13 Å². The largest absolute Gasteiger partial charge is 0.350 e. The maximum absolute atomic E-state index is 5.82. The van der Waals surface area contributed by atoms with E-state index in [9.17, 15) is 0 Å². The average Bonchev–Trinajstić information content (AvgIpc) is 3.62. The Morgan fingerprint density at radius 2 is 0.878 bits per heavy atom. The second-order valence-corrected chi connectivity index (χ2v) is 9.88. The molecule has 6 aromatic rings. The lowest BCUT2D eigenvalue weighted by Crippen LogP contribution is -2.03. The molecule has 4 heterocycles. The fourth-order valence-electron chi connectivity index (χ4n) is 3.55. The minimum Gasteiger partial charge on any atom is -0.350 e. The molecule has 0 saturated heterocycles. The van der Waals surface area contributed by atoms with Crippen molar-refractivity contribution in [1.29, 1.82) is 0 Å². The van der Waals surface area contributed by atoms with E-state index in [0.717, 1.165) is 18.8 Å². The molecule has 0 bridgehead atoms. The molecule has 0 radical (unpaired) electrons. The summed E-state index contributed by atoms with van der Waals surface area (Å²) in [4.78, 5) is 22.4. The van der Waals surface area contributed by atoms with Crippen molar-refractivity contribution in [2.24, 2.45) is 0 Å². The van der Waals surface area contributed by atoms with E-state index in [1.54, 1.807) is 0 Å². The molecular weight excluding hydrogens is 626 g/mol. The van der Waals surface area contributed by atoms with E-state index in [1.807, 2.05) is 59.3 Å². The van der Waals surface area contributed by atoms with E-state index in [4.69, 9.17) is 58.0 Å². The van der Waals surface area contributed by atoms with Gasteiger partial charge in [0.25, 0.3) is 0 Å². The second kappa shape index (κ2) is 15.5. The van der Waals surface area contributed by atoms with Gasteiger partial charge in [-0.3, -0.25) is 0 Å². The highest BCUT2D eigenvalue weighted by atomic mass is 35.5. The molecule has 13 heteroatoms. The van der Waals surface area contributed by atoms with Crippen molar-refractivity contribution < 1.29 is 0 Å². The molecule has 0 atom stereocenters.